The van der Waals surface area contributed by atoms with E-state index in [-0.39, 0.29) is 11.2 Å². The van der Waals surface area contributed by atoms with Crippen molar-refractivity contribution in [1.82, 2.24) is 4.98 Å². The van der Waals surface area contributed by atoms with E-state index < -0.39 is 11.7 Å². The van der Waals surface area contributed by atoms with Crippen LogP contribution < -0.4 is 5.32 Å². The first-order valence-electron chi connectivity index (χ1n) is 6.20. The van der Waals surface area contributed by atoms with Crippen LogP contribution in [0.4, 0.5) is 19.0 Å². The van der Waals surface area contributed by atoms with E-state index in [0.717, 1.165) is 31.2 Å². The first-order valence-corrected chi connectivity index (χ1v) is 6.73. The molecular weight excluding hydrogens is 277 g/mol. The average Bonchev–Trinajstić information content (AvgIpc) is 2.40. The number of rotatable bonds is 6. The van der Waals surface area contributed by atoms with Crippen molar-refractivity contribution in [3.8, 4) is 0 Å². The van der Waals surface area contributed by atoms with Gasteiger partial charge in [-0.15, -0.1) is 11.6 Å². The first-order chi connectivity index (χ1) is 8.87. The molecule has 1 aromatic heterocycles. The fourth-order valence-corrected chi connectivity index (χ4v) is 2.19. The third kappa shape index (κ3) is 4.27. The van der Waals surface area contributed by atoms with Gasteiger partial charge in [0.05, 0.1) is 5.56 Å². The summed E-state index contributed by atoms with van der Waals surface area (Å²) in [6.45, 7) is 4.55. The average molecular weight is 295 g/mol. The summed E-state index contributed by atoms with van der Waals surface area (Å²) < 4.78 is 37.7. The molecule has 1 rings (SSSR count). The highest BCUT2D eigenvalue weighted by Crippen LogP contribution is 2.31. The molecule has 0 unspecified atom stereocenters. The molecule has 0 atom stereocenters. The van der Waals surface area contributed by atoms with Crippen molar-refractivity contribution >= 4 is 17.4 Å². The van der Waals surface area contributed by atoms with Gasteiger partial charge in [0.15, 0.2) is 0 Å². The minimum absolute atomic E-state index is 0.114. The second-order valence-corrected chi connectivity index (χ2v) is 4.89. The lowest BCUT2D eigenvalue weighted by Gasteiger charge is -2.29. The van der Waals surface area contributed by atoms with Crippen LogP contribution in [-0.2, 0) is 6.18 Å². The maximum absolute atomic E-state index is 12.6. The van der Waals surface area contributed by atoms with E-state index in [9.17, 15) is 13.2 Å². The predicted molar refractivity (Wildman–Crippen MR) is 71.5 cm³/mol. The molecule has 2 nitrogen and oxygen atoms in total. The van der Waals surface area contributed by atoms with Gasteiger partial charge in [-0.05, 0) is 25.0 Å². The molecule has 6 heteroatoms. The van der Waals surface area contributed by atoms with Crippen LogP contribution in [-0.4, -0.2) is 17.4 Å². The molecule has 0 spiro atoms. The molecule has 0 fully saturated rings. The molecule has 0 aliphatic heterocycles. The summed E-state index contributed by atoms with van der Waals surface area (Å²) in [6, 6.07) is 1.98. The molecule has 0 amide bonds. The summed E-state index contributed by atoms with van der Waals surface area (Å²) in [5.41, 5.74) is -0.813. The van der Waals surface area contributed by atoms with Gasteiger partial charge < -0.3 is 5.32 Å². The summed E-state index contributed by atoms with van der Waals surface area (Å²) in [6.07, 6.45) is -1.47. The van der Waals surface area contributed by atoms with Crippen LogP contribution in [0, 0.1) is 5.41 Å². The summed E-state index contributed by atoms with van der Waals surface area (Å²) in [7, 11) is 0. The lowest BCUT2D eigenvalue weighted by Crippen LogP contribution is -2.30. The van der Waals surface area contributed by atoms with Crippen molar-refractivity contribution in [2.75, 3.05) is 17.7 Å². The molecule has 0 bridgehead atoms. The summed E-state index contributed by atoms with van der Waals surface area (Å²) in [5.74, 6) is 0.692. The summed E-state index contributed by atoms with van der Waals surface area (Å²) >= 11 is 5.95. The van der Waals surface area contributed by atoms with Gasteiger partial charge in [-0.2, -0.15) is 13.2 Å². The highest BCUT2D eigenvalue weighted by atomic mass is 35.5. The van der Waals surface area contributed by atoms with Crippen molar-refractivity contribution in [2.24, 2.45) is 5.41 Å². The van der Waals surface area contributed by atoms with Crippen molar-refractivity contribution in [1.29, 1.82) is 0 Å². The van der Waals surface area contributed by atoms with E-state index in [0.29, 0.717) is 12.4 Å². The van der Waals surface area contributed by atoms with E-state index in [4.69, 9.17) is 11.6 Å². The summed E-state index contributed by atoms with van der Waals surface area (Å²) in [5, 5.41) is 2.96. The normalized spacial score (nSPS) is 12.5. The molecule has 0 aromatic carbocycles. The van der Waals surface area contributed by atoms with Gasteiger partial charge in [-0.25, -0.2) is 4.98 Å². The number of aromatic nitrogens is 1. The fourth-order valence-electron chi connectivity index (χ4n) is 1.72. The smallest absolute Gasteiger partial charge is 0.369 e. The Morgan fingerprint density at radius 3 is 2.37 bits per heavy atom. The van der Waals surface area contributed by atoms with Gasteiger partial charge >= 0.3 is 6.18 Å². The van der Waals surface area contributed by atoms with E-state index in [1.165, 1.54) is 0 Å². The van der Waals surface area contributed by atoms with Crippen molar-refractivity contribution in [2.45, 2.75) is 32.9 Å². The van der Waals surface area contributed by atoms with Gasteiger partial charge in [0.1, 0.15) is 5.82 Å². The van der Waals surface area contributed by atoms with Crippen LogP contribution in [0.5, 0.6) is 0 Å². The fraction of sp³-hybridized carbons (Fsp3) is 0.615. The first kappa shape index (κ1) is 16.1. The number of alkyl halides is 4. The third-order valence-electron chi connectivity index (χ3n) is 3.52. The zero-order valence-electron chi connectivity index (χ0n) is 11.0. The second kappa shape index (κ2) is 6.46. The van der Waals surface area contributed by atoms with E-state index >= 15 is 0 Å². The maximum atomic E-state index is 12.6. The standard InChI is InChI=1S/C13H18ClF3N2/c1-3-12(4-2,8-14)9-19-11-7-10(5-6-18-11)13(15,16)17/h5-7H,3-4,8-9H2,1-2H3,(H,18,19). The van der Waals surface area contributed by atoms with Crippen LogP contribution in [0.1, 0.15) is 32.3 Å². The largest absolute Gasteiger partial charge is 0.416 e. The minimum atomic E-state index is -4.35. The Kier molecular flexibility index (Phi) is 5.47. The maximum Gasteiger partial charge on any atom is 0.416 e. The van der Waals surface area contributed by atoms with Gasteiger partial charge in [0.25, 0.3) is 0 Å². The molecule has 0 saturated carbocycles. The molecular formula is C13H18ClF3N2. The lowest BCUT2D eigenvalue weighted by molar-refractivity contribution is -0.137. The van der Waals surface area contributed by atoms with Gasteiger partial charge in [-0.3, -0.25) is 0 Å². The SMILES string of the molecule is CCC(CC)(CCl)CNc1cc(C(F)(F)F)ccn1. The number of anilines is 1. The van der Waals surface area contributed by atoms with E-state index in [1.54, 1.807) is 0 Å². The molecule has 19 heavy (non-hydrogen) atoms. The Bertz CT molecular complexity index is 395. The Hall–Kier alpha value is -0.970. The zero-order valence-corrected chi connectivity index (χ0v) is 11.8. The number of nitrogens with one attached hydrogen (secondary N) is 1. The molecule has 1 heterocycles. The molecule has 1 N–H and O–H groups in total. The van der Waals surface area contributed by atoms with Crippen LogP contribution in [0.15, 0.2) is 18.3 Å². The zero-order chi connectivity index (χ0) is 14.5. The van der Waals surface area contributed by atoms with Gasteiger partial charge in [0, 0.05) is 24.0 Å². The Morgan fingerprint density at radius 2 is 1.89 bits per heavy atom. The Labute approximate surface area is 116 Å². The van der Waals surface area contributed by atoms with Gasteiger partial charge in [-0.1, -0.05) is 13.8 Å². The lowest BCUT2D eigenvalue weighted by atomic mass is 9.84. The summed E-state index contributed by atoms with van der Waals surface area (Å²) in [4.78, 5) is 3.90. The third-order valence-corrected chi connectivity index (χ3v) is 4.08. The van der Waals surface area contributed by atoms with E-state index in [2.05, 4.69) is 10.3 Å². The number of pyridine rings is 1. The van der Waals surface area contributed by atoms with Crippen LogP contribution in [0.3, 0.4) is 0 Å². The van der Waals surface area contributed by atoms with Crippen molar-refractivity contribution < 1.29 is 13.2 Å². The second-order valence-electron chi connectivity index (χ2n) is 4.62. The number of hydrogen-bond donors (Lipinski definition) is 1. The molecule has 0 aliphatic carbocycles. The van der Waals surface area contributed by atoms with Crippen molar-refractivity contribution in [3.63, 3.8) is 0 Å². The number of nitrogens with zero attached hydrogens (tertiary/aromatic N) is 1. The number of halogens is 4. The quantitative estimate of drug-likeness (QED) is 0.778. The molecule has 0 aliphatic rings. The Morgan fingerprint density at radius 1 is 1.26 bits per heavy atom. The van der Waals surface area contributed by atoms with Crippen molar-refractivity contribution in [3.05, 3.63) is 23.9 Å². The van der Waals surface area contributed by atoms with Crippen LogP contribution in [0.25, 0.3) is 0 Å². The minimum Gasteiger partial charge on any atom is -0.369 e. The predicted octanol–water partition coefficient (Wildman–Crippen LogP) is 4.56. The molecule has 0 radical (unpaired) electrons. The van der Waals surface area contributed by atoms with Crippen LogP contribution >= 0.6 is 11.6 Å². The highest BCUT2D eigenvalue weighted by Gasteiger charge is 2.31. The Balaban J connectivity index is 2.78. The monoisotopic (exact) mass is 294 g/mol. The molecule has 108 valence electrons. The van der Waals surface area contributed by atoms with Gasteiger partial charge in [0.2, 0.25) is 0 Å². The number of hydrogen-bond acceptors (Lipinski definition) is 2. The molecule has 0 saturated heterocycles. The topological polar surface area (TPSA) is 24.9 Å². The highest BCUT2D eigenvalue weighted by molar-refractivity contribution is 6.18. The molecule has 1 aromatic rings. The van der Waals surface area contributed by atoms with Crippen LogP contribution in [0.2, 0.25) is 0 Å². The van der Waals surface area contributed by atoms with E-state index in [1.807, 2.05) is 13.8 Å².